The number of carbonyl (C=O) groups is 1. The Morgan fingerprint density at radius 3 is 3.21 bits per heavy atom. The molecule has 0 bridgehead atoms. The van der Waals surface area contributed by atoms with Crippen LogP contribution < -0.4 is 0 Å². The number of hydrogen-bond acceptors (Lipinski definition) is 5. The molecule has 1 unspecified atom stereocenters. The maximum Gasteiger partial charge on any atom is 0.233 e. The quantitative estimate of drug-likeness (QED) is 0.666. The van der Waals surface area contributed by atoms with Crippen LogP contribution in [0, 0.1) is 0 Å². The molecule has 0 aromatic carbocycles. The highest BCUT2D eigenvalue weighted by Crippen LogP contribution is 2.22. The predicted molar refractivity (Wildman–Crippen MR) is 46.9 cm³/mol. The summed E-state index contributed by atoms with van der Waals surface area (Å²) in [6.45, 7) is 1.47. The first-order chi connectivity index (χ1) is 6.90. The minimum absolute atomic E-state index is 0.195. The third kappa shape index (κ3) is 1.98. The topological polar surface area (TPSA) is 65.2 Å². The van der Waals surface area contributed by atoms with Crippen molar-refractivity contribution in [1.82, 2.24) is 10.1 Å². The molecule has 1 aliphatic heterocycles. The lowest BCUT2D eigenvalue weighted by Gasteiger charge is -2.18. The second kappa shape index (κ2) is 4.32. The molecule has 14 heavy (non-hydrogen) atoms. The van der Waals surface area contributed by atoms with Gasteiger partial charge in [0.25, 0.3) is 0 Å². The molecule has 5 nitrogen and oxygen atoms in total. The number of aldehydes is 1. The standard InChI is InChI=1S/C9H12N2O3/c12-4-3-8-10-9(11-14-8)7-2-1-5-13-6-7/h4,7H,1-3,5-6H2. The number of hydrogen-bond donors (Lipinski definition) is 0. The number of aromatic nitrogens is 2. The molecule has 0 amide bonds. The van der Waals surface area contributed by atoms with Crippen molar-refractivity contribution in [2.45, 2.75) is 25.2 Å². The smallest absolute Gasteiger partial charge is 0.233 e. The molecule has 1 aliphatic rings. The van der Waals surface area contributed by atoms with E-state index in [4.69, 9.17) is 9.26 Å². The minimum Gasteiger partial charge on any atom is -0.381 e. The van der Waals surface area contributed by atoms with Gasteiger partial charge in [-0.1, -0.05) is 5.16 Å². The third-order valence-electron chi connectivity index (χ3n) is 2.27. The number of nitrogens with zero attached hydrogens (tertiary/aromatic N) is 2. The molecule has 0 saturated carbocycles. The van der Waals surface area contributed by atoms with Gasteiger partial charge in [-0.3, -0.25) is 0 Å². The summed E-state index contributed by atoms with van der Waals surface area (Å²) in [6.07, 6.45) is 3.01. The maximum absolute atomic E-state index is 10.2. The fourth-order valence-corrected chi connectivity index (χ4v) is 1.53. The molecule has 2 rings (SSSR count). The molecule has 0 N–H and O–H groups in total. The van der Waals surface area contributed by atoms with Crippen molar-refractivity contribution < 1.29 is 14.1 Å². The van der Waals surface area contributed by atoms with E-state index in [0.717, 1.165) is 25.7 Å². The van der Waals surface area contributed by atoms with Gasteiger partial charge >= 0.3 is 0 Å². The molecular weight excluding hydrogens is 184 g/mol. The zero-order valence-corrected chi connectivity index (χ0v) is 7.81. The van der Waals surface area contributed by atoms with E-state index in [1.807, 2.05) is 0 Å². The van der Waals surface area contributed by atoms with Crippen molar-refractivity contribution in [2.24, 2.45) is 0 Å². The summed E-state index contributed by atoms with van der Waals surface area (Å²) in [6, 6.07) is 0. The fraction of sp³-hybridized carbons (Fsp3) is 0.667. The summed E-state index contributed by atoms with van der Waals surface area (Å²) in [4.78, 5) is 14.3. The number of carbonyl (C=O) groups excluding carboxylic acids is 1. The van der Waals surface area contributed by atoms with Gasteiger partial charge in [0.15, 0.2) is 5.82 Å². The molecule has 0 radical (unpaired) electrons. The Bertz CT molecular complexity index is 305. The Hall–Kier alpha value is -1.23. The molecule has 0 aliphatic carbocycles. The van der Waals surface area contributed by atoms with Crippen LogP contribution in [0.4, 0.5) is 0 Å². The highest BCUT2D eigenvalue weighted by atomic mass is 16.5. The average Bonchev–Trinajstić information content (AvgIpc) is 2.68. The Balaban J connectivity index is 2.03. The average molecular weight is 196 g/mol. The van der Waals surface area contributed by atoms with E-state index in [1.54, 1.807) is 0 Å². The van der Waals surface area contributed by atoms with E-state index in [1.165, 1.54) is 0 Å². The fourth-order valence-electron chi connectivity index (χ4n) is 1.53. The van der Waals surface area contributed by atoms with Crippen molar-refractivity contribution in [3.63, 3.8) is 0 Å². The summed E-state index contributed by atoms with van der Waals surface area (Å²) in [5.74, 6) is 1.29. The van der Waals surface area contributed by atoms with Gasteiger partial charge in [-0.25, -0.2) is 0 Å². The summed E-state index contributed by atoms with van der Waals surface area (Å²) in [5, 5.41) is 3.83. The van der Waals surface area contributed by atoms with Gasteiger partial charge in [0.2, 0.25) is 5.89 Å². The Morgan fingerprint density at radius 2 is 2.50 bits per heavy atom. The first-order valence-electron chi connectivity index (χ1n) is 4.74. The van der Waals surface area contributed by atoms with E-state index in [0.29, 0.717) is 18.3 Å². The Kier molecular flexibility index (Phi) is 2.88. The van der Waals surface area contributed by atoms with Gasteiger partial charge in [-0.15, -0.1) is 0 Å². The second-order valence-electron chi connectivity index (χ2n) is 3.33. The molecule has 2 heterocycles. The first kappa shape index (κ1) is 9.33. The van der Waals surface area contributed by atoms with Crippen LogP contribution in [0.15, 0.2) is 4.52 Å². The summed E-state index contributed by atoms with van der Waals surface area (Å²) in [5.41, 5.74) is 0. The molecule has 76 valence electrons. The zero-order chi connectivity index (χ0) is 9.80. The van der Waals surface area contributed by atoms with E-state index in [9.17, 15) is 4.79 Å². The largest absolute Gasteiger partial charge is 0.381 e. The first-order valence-corrected chi connectivity index (χ1v) is 4.74. The molecule has 1 aromatic heterocycles. The van der Waals surface area contributed by atoms with Crippen molar-refractivity contribution >= 4 is 6.29 Å². The minimum atomic E-state index is 0.195. The van der Waals surface area contributed by atoms with Crippen LogP contribution in [-0.2, 0) is 16.0 Å². The molecule has 1 fully saturated rings. The second-order valence-corrected chi connectivity index (χ2v) is 3.33. The molecule has 1 aromatic rings. The van der Waals surface area contributed by atoms with Gasteiger partial charge in [0.05, 0.1) is 13.0 Å². The number of rotatable bonds is 3. The van der Waals surface area contributed by atoms with Gasteiger partial charge in [-0.2, -0.15) is 4.98 Å². The molecule has 1 atom stereocenters. The van der Waals surface area contributed by atoms with Gasteiger partial charge in [0.1, 0.15) is 6.29 Å². The Labute approximate surface area is 81.4 Å². The van der Waals surface area contributed by atoms with Gasteiger partial charge in [0, 0.05) is 12.5 Å². The van der Waals surface area contributed by atoms with E-state index < -0.39 is 0 Å². The Morgan fingerprint density at radius 1 is 1.57 bits per heavy atom. The normalized spacial score (nSPS) is 22.1. The van der Waals surface area contributed by atoms with Crippen molar-refractivity contribution in [3.8, 4) is 0 Å². The van der Waals surface area contributed by atoms with Crippen LogP contribution in [0.25, 0.3) is 0 Å². The van der Waals surface area contributed by atoms with Crippen LogP contribution in [0.1, 0.15) is 30.5 Å². The number of ether oxygens (including phenoxy) is 1. The molecule has 5 heteroatoms. The van der Waals surface area contributed by atoms with E-state index in [-0.39, 0.29) is 12.3 Å². The van der Waals surface area contributed by atoms with Crippen LogP contribution in [0.2, 0.25) is 0 Å². The van der Waals surface area contributed by atoms with Crippen LogP contribution in [-0.4, -0.2) is 29.6 Å². The van der Waals surface area contributed by atoms with E-state index in [2.05, 4.69) is 10.1 Å². The van der Waals surface area contributed by atoms with Crippen LogP contribution in [0.3, 0.4) is 0 Å². The highest BCUT2D eigenvalue weighted by Gasteiger charge is 2.21. The lowest BCUT2D eigenvalue weighted by atomic mass is 10.0. The lowest BCUT2D eigenvalue weighted by molar-refractivity contribution is -0.107. The van der Waals surface area contributed by atoms with Crippen LogP contribution in [0.5, 0.6) is 0 Å². The van der Waals surface area contributed by atoms with Crippen LogP contribution >= 0.6 is 0 Å². The lowest BCUT2D eigenvalue weighted by Crippen LogP contribution is -2.16. The maximum atomic E-state index is 10.2. The molecule has 1 saturated heterocycles. The zero-order valence-electron chi connectivity index (χ0n) is 7.81. The van der Waals surface area contributed by atoms with E-state index >= 15 is 0 Å². The van der Waals surface area contributed by atoms with Crippen molar-refractivity contribution in [2.75, 3.05) is 13.2 Å². The van der Waals surface area contributed by atoms with Gasteiger partial charge in [-0.05, 0) is 12.8 Å². The SMILES string of the molecule is O=CCc1nc(C2CCCOC2)no1. The summed E-state index contributed by atoms with van der Waals surface area (Å²) in [7, 11) is 0. The highest BCUT2D eigenvalue weighted by molar-refractivity contribution is 5.52. The van der Waals surface area contributed by atoms with Crippen molar-refractivity contribution in [3.05, 3.63) is 11.7 Å². The third-order valence-corrected chi connectivity index (χ3v) is 2.27. The molecular formula is C9H12N2O3. The monoisotopic (exact) mass is 196 g/mol. The predicted octanol–water partition coefficient (Wildman–Crippen LogP) is 0.705. The summed E-state index contributed by atoms with van der Waals surface area (Å²) >= 11 is 0. The van der Waals surface area contributed by atoms with Gasteiger partial charge < -0.3 is 14.1 Å². The molecule has 0 spiro atoms. The summed E-state index contributed by atoms with van der Waals surface area (Å²) < 4.78 is 10.2. The van der Waals surface area contributed by atoms with Crippen molar-refractivity contribution in [1.29, 1.82) is 0 Å².